The van der Waals surface area contributed by atoms with Crippen molar-refractivity contribution in [1.29, 1.82) is 0 Å². The summed E-state index contributed by atoms with van der Waals surface area (Å²) < 4.78 is 0. The lowest BCUT2D eigenvalue weighted by Crippen LogP contribution is -2.49. The fourth-order valence-corrected chi connectivity index (χ4v) is 2.75. The Kier molecular flexibility index (Phi) is 4.65. The zero-order chi connectivity index (χ0) is 14.7. The van der Waals surface area contributed by atoms with E-state index in [9.17, 15) is 9.90 Å². The van der Waals surface area contributed by atoms with Crippen molar-refractivity contribution < 1.29 is 9.90 Å². The molecule has 20 heavy (non-hydrogen) atoms. The van der Waals surface area contributed by atoms with Crippen molar-refractivity contribution in [3.8, 4) is 0 Å². The van der Waals surface area contributed by atoms with Crippen LogP contribution in [-0.2, 0) is 0 Å². The molecule has 110 valence electrons. The zero-order valence-electron chi connectivity index (χ0n) is 12.6. The average molecular weight is 276 g/mol. The molecule has 0 spiro atoms. The van der Waals surface area contributed by atoms with Crippen LogP contribution < -0.4 is 4.90 Å². The summed E-state index contributed by atoms with van der Waals surface area (Å²) in [5.74, 6) is -0.843. The molecule has 1 unspecified atom stereocenters. The fourth-order valence-electron chi connectivity index (χ4n) is 2.75. The molecule has 1 N–H and O–H groups in total. The van der Waals surface area contributed by atoms with Crippen molar-refractivity contribution in [3.63, 3.8) is 0 Å². The molecule has 1 aromatic rings. The second-order valence-electron chi connectivity index (χ2n) is 5.61. The predicted octanol–water partition coefficient (Wildman–Crippen LogP) is 2.61. The second kappa shape index (κ2) is 6.27. The number of aryl methyl sites for hydroxylation is 1. The third-order valence-corrected chi connectivity index (χ3v) is 4.25. The Labute approximate surface area is 121 Å². The van der Waals surface area contributed by atoms with E-state index in [1.54, 1.807) is 6.07 Å². The number of aromatic carboxylic acids is 1. The summed E-state index contributed by atoms with van der Waals surface area (Å²) in [5, 5.41) is 9.33. The highest BCUT2D eigenvalue weighted by atomic mass is 16.4. The number of anilines is 1. The summed E-state index contributed by atoms with van der Waals surface area (Å²) in [6, 6.07) is 6.17. The number of piperazine rings is 1. The third-order valence-electron chi connectivity index (χ3n) is 4.25. The molecule has 1 aromatic carbocycles. The van der Waals surface area contributed by atoms with Gasteiger partial charge in [0.05, 0.1) is 11.3 Å². The molecule has 1 atom stereocenters. The van der Waals surface area contributed by atoms with Gasteiger partial charge in [0.15, 0.2) is 0 Å². The monoisotopic (exact) mass is 276 g/mol. The lowest BCUT2D eigenvalue weighted by atomic mass is 10.1. The molecule has 1 aliphatic rings. The minimum atomic E-state index is -0.843. The van der Waals surface area contributed by atoms with Crippen LogP contribution in [0.4, 0.5) is 5.69 Å². The van der Waals surface area contributed by atoms with Crippen LogP contribution in [0.5, 0.6) is 0 Å². The summed E-state index contributed by atoms with van der Waals surface area (Å²) in [5.41, 5.74) is 2.38. The molecular formula is C16H24N2O2. The van der Waals surface area contributed by atoms with Gasteiger partial charge in [-0.05, 0) is 38.0 Å². The van der Waals surface area contributed by atoms with Crippen LogP contribution in [0.15, 0.2) is 18.2 Å². The van der Waals surface area contributed by atoms with E-state index < -0.39 is 5.97 Å². The Morgan fingerprint density at radius 2 is 1.95 bits per heavy atom. The van der Waals surface area contributed by atoms with Gasteiger partial charge in [-0.25, -0.2) is 4.79 Å². The van der Waals surface area contributed by atoms with Crippen LogP contribution in [0.25, 0.3) is 0 Å². The number of carboxylic acids is 1. The lowest BCUT2D eigenvalue weighted by molar-refractivity contribution is 0.0697. The number of rotatable bonds is 4. The number of nitrogens with zero attached hydrogens (tertiary/aromatic N) is 2. The van der Waals surface area contributed by atoms with E-state index in [0.717, 1.165) is 43.9 Å². The van der Waals surface area contributed by atoms with E-state index in [1.165, 1.54) is 0 Å². The molecule has 1 saturated heterocycles. The lowest BCUT2D eigenvalue weighted by Gasteiger charge is -2.39. The largest absolute Gasteiger partial charge is 0.478 e. The molecule has 1 fully saturated rings. The van der Waals surface area contributed by atoms with Gasteiger partial charge in [0.1, 0.15) is 0 Å². The number of carboxylic acid groups (broad SMARTS) is 1. The second-order valence-corrected chi connectivity index (χ2v) is 5.61. The molecular weight excluding hydrogens is 252 g/mol. The van der Waals surface area contributed by atoms with E-state index in [4.69, 9.17) is 0 Å². The maximum Gasteiger partial charge on any atom is 0.337 e. The predicted molar refractivity (Wildman–Crippen MR) is 81.7 cm³/mol. The van der Waals surface area contributed by atoms with Gasteiger partial charge >= 0.3 is 5.97 Å². The first-order valence-corrected chi connectivity index (χ1v) is 7.36. The van der Waals surface area contributed by atoms with Crippen molar-refractivity contribution in [1.82, 2.24) is 4.90 Å². The van der Waals surface area contributed by atoms with E-state index in [-0.39, 0.29) is 0 Å². The van der Waals surface area contributed by atoms with Crippen LogP contribution in [0.2, 0.25) is 0 Å². The van der Waals surface area contributed by atoms with Gasteiger partial charge in [-0.15, -0.1) is 0 Å². The Hall–Kier alpha value is -1.55. The Balaban J connectivity index is 2.14. The topological polar surface area (TPSA) is 43.8 Å². The van der Waals surface area contributed by atoms with Gasteiger partial charge in [0.2, 0.25) is 0 Å². The zero-order valence-corrected chi connectivity index (χ0v) is 12.6. The van der Waals surface area contributed by atoms with Crippen LogP contribution >= 0.6 is 0 Å². The number of carbonyl (C=O) groups is 1. The van der Waals surface area contributed by atoms with Crippen molar-refractivity contribution in [3.05, 3.63) is 29.3 Å². The van der Waals surface area contributed by atoms with Crippen molar-refractivity contribution in [2.75, 3.05) is 31.1 Å². The Morgan fingerprint density at radius 1 is 1.30 bits per heavy atom. The van der Waals surface area contributed by atoms with Gasteiger partial charge in [-0.2, -0.15) is 0 Å². The minimum absolute atomic E-state index is 0.410. The van der Waals surface area contributed by atoms with E-state index >= 15 is 0 Å². The molecule has 0 bridgehead atoms. The molecule has 0 radical (unpaired) electrons. The van der Waals surface area contributed by atoms with Crippen LogP contribution in [-0.4, -0.2) is 48.2 Å². The summed E-state index contributed by atoms with van der Waals surface area (Å²) in [6.07, 6.45) is 1.16. The molecule has 0 saturated carbocycles. The van der Waals surface area contributed by atoms with Crippen LogP contribution in [0.3, 0.4) is 0 Å². The highest BCUT2D eigenvalue weighted by Gasteiger charge is 2.23. The first-order chi connectivity index (χ1) is 9.52. The summed E-state index contributed by atoms with van der Waals surface area (Å²) in [4.78, 5) is 16.0. The van der Waals surface area contributed by atoms with Gasteiger partial charge in [-0.1, -0.05) is 13.0 Å². The number of hydrogen-bond acceptors (Lipinski definition) is 3. The molecule has 1 heterocycles. The molecule has 0 aromatic heterocycles. The van der Waals surface area contributed by atoms with Crippen molar-refractivity contribution >= 4 is 11.7 Å². The van der Waals surface area contributed by atoms with Crippen LogP contribution in [0.1, 0.15) is 36.2 Å². The minimum Gasteiger partial charge on any atom is -0.478 e. The van der Waals surface area contributed by atoms with E-state index in [0.29, 0.717) is 11.6 Å². The molecule has 4 nitrogen and oxygen atoms in total. The first-order valence-electron chi connectivity index (χ1n) is 7.36. The maximum atomic E-state index is 11.4. The number of benzene rings is 1. The van der Waals surface area contributed by atoms with E-state index in [1.807, 2.05) is 19.1 Å². The normalized spacial score (nSPS) is 18.1. The Bertz CT molecular complexity index is 479. The smallest absolute Gasteiger partial charge is 0.337 e. The van der Waals surface area contributed by atoms with E-state index in [2.05, 4.69) is 23.6 Å². The summed E-state index contributed by atoms with van der Waals surface area (Å²) in [7, 11) is 0. The first kappa shape index (κ1) is 14.9. The average Bonchev–Trinajstić information content (AvgIpc) is 2.46. The van der Waals surface area contributed by atoms with Crippen LogP contribution in [0, 0.1) is 6.92 Å². The SMILES string of the molecule is CCC(C)N1CCN(c2cc(C)ccc2C(=O)O)CC1. The van der Waals surface area contributed by atoms with Gasteiger partial charge in [0.25, 0.3) is 0 Å². The van der Waals surface area contributed by atoms with Gasteiger partial charge < -0.3 is 10.0 Å². The molecule has 1 aliphatic heterocycles. The molecule has 0 amide bonds. The molecule has 0 aliphatic carbocycles. The van der Waals surface area contributed by atoms with Gasteiger partial charge in [-0.3, -0.25) is 4.90 Å². The number of hydrogen-bond donors (Lipinski definition) is 1. The van der Waals surface area contributed by atoms with Gasteiger partial charge in [0, 0.05) is 32.2 Å². The van der Waals surface area contributed by atoms with Crippen molar-refractivity contribution in [2.24, 2.45) is 0 Å². The van der Waals surface area contributed by atoms with Crippen molar-refractivity contribution in [2.45, 2.75) is 33.2 Å². The quantitative estimate of drug-likeness (QED) is 0.918. The standard InChI is InChI=1S/C16H24N2O2/c1-4-13(3)17-7-9-18(10-8-17)15-11-12(2)5-6-14(15)16(19)20/h5-6,11,13H,4,7-10H2,1-3H3,(H,19,20). The maximum absolute atomic E-state index is 11.4. The molecule has 4 heteroatoms. The highest BCUT2D eigenvalue weighted by molar-refractivity contribution is 5.94. The fraction of sp³-hybridized carbons (Fsp3) is 0.562. The molecule has 2 rings (SSSR count). The third kappa shape index (κ3) is 3.12. The highest BCUT2D eigenvalue weighted by Crippen LogP contribution is 2.24. The summed E-state index contributed by atoms with van der Waals surface area (Å²) >= 11 is 0. The summed E-state index contributed by atoms with van der Waals surface area (Å²) in [6.45, 7) is 10.3. The Morgan fingerprint density at radius 3 is 2.50 bits per heavy atom.